The van der Waals surface area contributed by atoms with Crippen LogP contribution >= 0.6 is 0 Å². The second-order valence-corrected chi connectivity index (χ2v) is 7.22. The molecule has 132 valence electrons. The molecule has 4 atom stereocenters. The highest BCUT2D eigenvalue weighted by molar-refractivity contribution is 5.79. The van der Waals surface area contributed by atoms with Gasteiger partial charge in [-0.3, -0.25) is 4.79 Å². The lowest BCUT2D eigenvalue weighted by molar-refractivity contribution is -0.948. The number of aliphatic hydroxyl groups excluding tert-OH is 2. The molecule has 2 heterocycles. The number of nitrogens with one attached hydrogen (secondary N) is 1. The standard InChI is InChI=1S/C18H27N3O3/c19-18(24)16(14-10-20-15(12-22)17(14)23)21(8-4-5-9-21)11-13-6-2-1-3-7-13/h1-3,6-7,14-17,20,22-23H,4-5,8-12H2,(H-,19,24)/p+1. The number of amides is 1. The van der Waals surface area contributed by atoms with Crippen molar-refractivity contribution in [2.75, 3.05) is 26.2 Å². The van der Waals surface area contributed by atoms with Gasteiger partial charge in [0.1, 0.15) is 6.54 Å². The minimum Gasteiger partial charge on any atom is -0.395 e. The minimum atomic E-state index is -0.751. The molecule has 1 aromatic rings. The quantitative estimate of drug-likeness (QED) is 0.532. The van der Waals surface area contributed by atoms with Gasteiger partial charge in [-0.05, 0) is 0 Å². The Morgan fingerprint density at radius 3 is 2.50 bits per heavy atom. The van der Waals surface area contributed by atoms with Crippen molar-refractivity contribution in [2.24, 2.45) is 11.7 Å². The number of carbonyl (C=O) groups excluding carboxylic acids is 1. The number of hydrogen-bond donors (Lipinski definition) is 4. The van der Waals surface area contributed by atoms with Gasteiger partial charge in [0, 0.05) is 24.9 Å². The smallest absolute Gasteiger partial charge is 0.276 e. The molecule has 0 bridgehead atoms. The van der Waals surface area contributed by atoms with Crippen molar-refractivity contribution in [1.29, 1.82) is 0 Å². The largest absolute Gasteiger partial charge is 0.395 e. The highest BCUT2D eigenvalue weighted by Gasteiger charge is 2.52. The third-order valence-electron chi connectivity index (χ3n) is 5.75. The normalized spacial score (nSPS) is 30.3. The maximum Gasteiger partial charge on any atom is 0.276 e. The Morgan fingerprint density at radius 1 is 1.29 bits per heavy atom. The van der Waals surface area contributed by atoms with Crippen molar-refractivity contribution in [3.63, 3.8) is 0 Å². The third kappa shape index (κ3) is 3.19. The van der Waals surface area contributed by atoms with Gasteiger partial charge in [0.15, 0.2) is 6.04 Å². The second-order valence-electron chi connectivity index (χ2n) is 7.22. The molecule has 0 aliphatic carbocycles. The highest BCUT2D eigenvalue weighted by Crippen LogP contribution is 2.34. The Kier molecular flexibility index (Phi) is 5.20. The van der Waals surface area contributed by atoms with Gasteiger partial charge in [-0.1, -0.05) is 30.3 Å². The Labute approximate surface area is 142 Å². The van der Waals surface area contributed by atoms with Crippen LogP contribution in [-0.2, 0) is 11.3 Å². The summed E-state index contributed by atoms with van der Waals surface area (Å²) >= 11 is 0. The van der Waals surface area contributed by atoms with E-state index in [1.54, 1.807) is 0 Å². The fourth-order valence-electron chi connectivity index (χ4n) is 4.63. The zero-order valence-corrected chi connectivity index (χ0v) is 14.0. The molecule has 24 heavy (non-hydrogen) atoms. The van der Waals surface area contributed by atoms with Gasteiger partial charge >= 0.3 is 0 Å². The van der Waals surface area contributed by atoms with Gasteiger partial charge in [-0.2, -0.15) is 0 Å². The SMILES string of the molecule is NC(=O)C(C1CNC(CO)C1O)[N+]1(Cc2ccccc2)CCCC1. The average Bonchev–Trinajstić information content (AvgIpc) is 3.17. The average molecular weight is 334 g/mol. The molecule has 1 aromatic carbocycles. The van der Waals surface area contributed by atoms with Crippen LogP contribution < -0.4 is 11.1 Å². The van der Waals surface area contributed by atoms with Crippen LogP contribution in [0.15, 0.2) is 30.3 Å². The number of rotatable bonds is 6. The number of likely N-dealkylation sites (tertiary alicyclic amines) is 1. The molecule has 2 aliphatic rings. The van der Waals surface area contributed by atoms with Crippen LogP contribution in [0, 0.1) is 5.92 Å². The van der Waals surface area contributed by atoms with Crippen molar-refractivity contribution in [1.82, 2.24) is 5.32 Å². The predicted octanol–water partition coefficient (Wildman–Crippen LogP) is -0.408. The summed E-state index contributed by atoms with van der Waals surface area (Å²) in [5.74, 6) is -0.612. The molecule has 2 fully saturated rings. The molecule has 0 saturated carbocycles. The summed E-state index contributed by atoms with van der Waals surface area (Å²) in [4.78, 5) is 12.4. The lowest BCUT2D eigenvalue weighted by Gasteiger charge is -2.43. The lowest BCUT2D eigenvalue weighted by atomic mass is 9.89. The van der Waals surface area contributed by atoms with Crippen LogP contribution in [0.5, 0.6) is 0 Å². The van der Waals surface area contributed by atoms with Gasteiger partial charge in [0.25, 0.3) is 5.91 Å². The maximum absolute atomic E-state index is 12.4. The number of quaternary nitrogens is 1. The third-order valence-corrected chi connectivity index (χ3v) is 5.75. The molecule has 2 saturated heterocycles. The van der Waals surface area contributed by atoms with Crippen molar-refractivity contribution < 1.29 is 19.5 Å². The molecule has 4 unspecified atom stereocenters. The first-order valence-corrected chi connectivity index (χ1v) is 8.79. The van der Waals surface area contributed by atoms with E-state index < -0.39 is 12.1 Å². The van der Waals surface area contributed by atoms with Crippen LogP contribution in [0.2, 0.25) is 0 Å². The van der Waals surface area contributed by atoms with E-state index in [1.807, 2.05) is 18.2 Å². The zero-order chi connectivity index (χ0) is 17.2. The topological polar surface area (TPSA) is 95.6 Å². The van der Waals surface area contributed by atoms with Crippen molar-refractivity contribution in [2.45, 2.75) is 37.6 Å². The van der Waals surface area contributed by atoms with E-state index >= 15 is 0 Å². The van der Waals surface area contributed by atoms with Gasteiger partial charge in [-0.25, -0.2) is 0 Å². The molecule has 6 nitrogen and oxygen atoms in total. The summed E-state index contributed by atoms with van der Waals surface area (Å²) in [5, 5.41) is 23.1. The first-order chi connectivity index (χ1) is 11.6. The first-order valence-electron chi connectivity index (χ1n) is 8.79. The summed E-state index contributed by atoms with van der Waals surface area (Å²) in [5.41, 5.74) is 7.01. The molecule has 3 rings (SSSR count). The van der Waals surface area contributed by atoms with E-state index in [-0.39, 0.29) is 24.5 Å². The van der Waals surface area contributed by atoms with Crippen LogP contribution in [-0.4, -0.2) is 65.0 Å². The molecule has 2 aliphatic heterocycles. The van der Waals surface area contributed by atoms with Gasteiger partial charge < -0.3 is 25.7 Å². The molecule has 1 amide bonds. The maximum atomic E-state index is 12.4. The van der Waals surface area contributed by atoms with E-state index in [9.17, 15) is 15.0 Å². The lowest BCUT2D eigenvalue weighted by Crippen LogP contribution is -2.63. The number of hydrogen-bond acceptors (Lipinski definition) is 4. The number of nitrogens with zero attached hydrogens (tertiary/aromatic N) is 1. The van der Waals surface area contributed by atoms with Crippen LogP contribution in [0.25, 0.3) is 0 Å². The van der Waals surface area contributed by atoms with E-state index in [0.717, 1.165) is 32.5 Å². The zero-order valence-electron chi connectivity index (χ0n) is 14.0. The van der Waals surface area contributed by atoms with Crippen LogP contribution in [0.4, 0.5) is 0 Å². The van der Waals surface area contributed by atoms with Gasteiger partial charge in [-0.15, -0.1) is 0 Å². The second kappa shape index (κ2) is 7.19. The number of benzene rings is 1. The number of carbonyl (C=O) groups is 1. The highest BCUT2D eigenvalue weighted by atomic mass is 16.3. The fourth-order valence-corrected chi connectivity index (χ4v) is 4.63. The van der Waals surface area contributed by atoms with Crippen molar-refractivity contribution in [3.8, 4) is 0 Å². The molecule has 5 N–H and O–H groups in total. The van der Waals surface area contributed by atoms with Crippen LogP contribution in [0.1, 0.15) is 18.4 Å². The monoisotopic (exact) mass is 334 g/mol. The van der Waals surface area contributed by atoms with Gasteiger partial charge in [0.05, 0.1) is 37.8 Å². The number of aliphatic hydroxyl groups is 2. The molecular formula is C18H28N3O3+. The summed E-state index contributed by atoms with van der Waals surface area (Å²) in [6, 6.07) is 9.35. The Morgan fingerprint density at radius 2 is 1.96 bits per heavy atom. The first kappa shape index (κ1) is 17.4. The summed E-state index contributed by atoms with van der Waals surface area (Å²) in [7, 11) is 0. The Bertz CT molecular complexity index is 560. The van der Waals surface area contributed by atoms with E-state index in [0.29, 0.717) is 11.0 Å². The molecular weight excluding hydrogens is 306 g/mol. The van der Waals surface area contributed by atoms with Crippen molar-refractivity contribution >= 4 is 5.91 Å². The van der Waals surface area contributed by atoms with Crippen molar-refractivity contribution in [3.05, 3.63) is 35.9 Å². The number of primary amides is 1. The molecule has 0 aromatic heterocycles. The molecule has 6 heteroatoms. The van der Waals surface area contributed by atoms with Crippen LogP contribution in [0.3, 0.4) is 0 Å². The number of nitrogens with two attached hydrogens (primary N) is 1. The van der Waals surface area contributed by atoms with E-state index in [1.165, 1.54) is 5.56 Å². The minimum absolute atomic E-state index is 0.137. The Hall–Kier alpha value is -1.47. The Balaban J connectivity index is 1.90. The predicted molar refractivity (Wildman–Crippen MR) is 90.7 cm³/mol. The summed E-state index contributed by atoms with van der Waals surface area (Å²) < 4.78 is 0.612. The van der Waals surface area contributed by atoms with Gasteiger partial charge in [0.2, 0.25) is 0 Å². The summed E-state index contributed by atoms with van der Waals surface area (Å²) in [6.45, 7) is 2.92. The molecule has 0 radical (unpaired) electrons. The van der Waals surface area contributed by atoms with E-state index in [4.69, 9.17) is 5.73 Å². The fraction of sp³-hybridized carbons (Fsp3) is 0.611. The van der Waals surface area contributed by atoms with E-state index in [2.05, 4.69) is 17.4 Å². The summed E-state index contributed by atoms with van der Waals surface area (Å²) in [6.07, 6.45) is 1.38. The molecule has 0 spiro atoms.